The monoisotopic (exact) mass is 694 g/mol. The van der Waals surface area contributed by atoms with Gasteiger partial charge in [0, 0.05) is 18.9 Å². The van der Waals surface area contributed by atoms with Crippen LogP contribution in [0.2, 0.25) is 0 Å². The number of nitrogens with one attached hydrogen (secondary N) is 4. The number of ether oxygens (including phenoxy) is 1. The highest BCUT2D eigenvalue weighted by Gasteiger charge is 2.59. The third-order valence-corrected chi connectivity index (χ3v) is 14.2. The summed E-state index contributed by atoms with van der Waals surface area (Å²) in [7, 11) is 1.39. The third-order valence-electron chi connectivity index (χ3n) is 14.2. The molecule has 4 aliphatic carbocycles. The van der Waals surface area contributed by atoms with E-state index in [1.165, 1.54) is 77.7 Å². The second kappa shape index (κ2) is 19.2. The van der Waals surface area contributed by atoms with Crippen molar-refractivity contribution < 1.29 is 14.3 Å². The minimum absolute atomic E-state index is 0.0363. The van der Waals surface area contributed by atoms with Crippen LogP contribution < -0.4 is 27.0 Å². The van der Waals surface area contributed by atoms with Crippen molar-refractivity contribution >= 4 is 11.9 Å². The molecule has 0 radical (unpaired) electrons. The van der Waals surface area contributed by atoms with Crippen LogP contribution in [0.3, 0.4) is 0 Å². The fourth-order valence-corrected chi connectivity index (χ4v) is 11.3. The smallest absolute Gasteiger partial charge is 0.328 e. The molecule has 0 bridgehead atoms. The predicted molar refractivity (Wildman–Crippen MR) is 204 cm³/mol. The van der Waals surface area contributed by atoms with Crippen molar-refractivity contribution in [3.05, 3.63) is 35.9 Å². The molecule has 1 amide bonds. The molecule has 9 atom stereocenters. The molecule has 50 heavy (non-hydrogen) atoms. The summed E-state index contributed by atoms with van der Waals surface area (Å²) in [5.74, 6) is 3.78. The lowest BCUT2D eigenvalue weighted by atomic mass is 9.44. The van der Waals surface area contributed by atoms with Gasteiger partial charge in [-0.25, -0.2) is 4.79 Å². The fourth-order valence-electron chi connectivity index (χ4n) is 11.3. The van der Waals surface area contributed by atoms with E-state index < -0.39 is 6.04 Å². The Labute approximate surface area is 304 Å². The second-order valence-electron chi connectivity index (χ2n) is 17.0. The highest BCUT2D eigenvalue weighted by Crippen LogP contribution is 2.67. The van der Waals surface area contributed by atoms with Crippen molar-refractivity contribution in [3.8, 4) is 0 Å². The number of methoxy groups -OCH3 is 1. The number of nitrogens with two attached hydrogens (primary N) is 1. The number of amides is 1. The van der Waals surface area contributed by atoms with E-state index in [1.54, 1.807) is 0 Å². The number of fused-ring (bicyclic) bond motifs is 5. The Balaban J connectivity index is 1.02. The van der Waals surface area contributed by atoms with Crippen LogP contribution >= 0.6 is 0 Å². The molecule has 0 saturated heterocycles. The topological polar surface area (TPSA) is 118 Å². The summed E-state index contributed by atoms with van der Waals surface area (Å²) >= 11 is 0. The molecule has 0 aliphatic heterocycles. The van der Waals surface area contributed by atoms with Crippen molar-refractivity contribution in [1.82, 2.24) is 21.3 Å². The van der Waals surface area contributed by atoms with Crippen LogP contribution in [-0.4, -0.2) is 70.3 Å². The first-order valence-corrected chi connectivity index (χ1v) is 20.5. The molecule has 8 nitrogen and oxygen atoms in total. The van der Waals surface area contributed by atoms with Crippen LogP contribution in [0, 0.1) is 40.4 Å². The zero-order valence-electron chi connectivity index (χ0n) is 31.8. The summed E-state index contributed by atoms with van der Waals surface area (Å²) in [5.41, 5.74) is 7.49. The maximum absolute atomic E-state index is 13.0. The van der Waals surface area contributed by atoms with Crippen LogP contribution in [0.1, 0.15) is 116 Å². The van der Waals surface area contributed by atoms with Crippen LogP contribution in [0.4, 0.5) is 0 Å². The molecule has 4 saturated carbocycles. The Morgan fingerprint density at radius 3 is 2.28 bits per heavy atom. The normalized spacial score (nSPS) is 32.4. The van der Waals surface area contributed by atoms with Gasteiger partial charge in [0.15, 0.2) is 0 Å². The fraction of sp³-hybridized carbons (Fsp3) is 0.810. The van der Waals surface area contributed by atoms with Gasteiger partial charge in [0.1, 0.15) is 6.04 Å². The Bertz CT molecular complexity index is 1180. The lowest BCUT2D eigenvalue weighted by molar-refractivity contribution is -0.145. The van der Waals surface area contributed by atoms with Crippen LogP contribution in [0.5, 0.6) is 0 Å². The predicted octanol–water partition coefficient (Wildman–Crippen LogP) is 5.98. The number of benzene rings is 1. The first-order chi connectivity index (χ1) is 24.3. The minimum atomic E-state index is -0.641. The van der Waals surface area contributed by atoms with Gasteiger partial charge in [-0.05, 0) is 175 Å². The maximum atomic E-state index is 13.0. The van der Waals surface area contributed by atoms with E-state index in [-0.39, 0.29) is 11.9 Å². The molecule has 5 rings (SSSR count). The number of carbonyl (C=O) groups excluding carboxylic acids is 2. The molecule has 8 heteroatoms. The summed E-state index contributed by atoms with van der Waals surface area (Å²) in [6.07, 6.45) is 18.8. The minimum Gasteiger partial charge on any atom is -0.467 e. The van der Waals surface area contributed by atoms with E-state index in [9.17, 15) is 9.59 Å². The number of esters is 1. The van der Waals surface area contributed by atoms with Gasteiger partial charge in [-0.2, -0.15) is 0 Å². The van der Waals surface area contributed by atoms with Gasteiger partial charge in [-0.15, -0.1) is 0 Å². The lowest BCUT2D eigenvalue weighted by Crippen LogP contribution is -2.55. The maximum Gasteiger partial charge on any atom is 0.328 e. The molecule has 1 aromatic rings. The van der Waals surface area contributed by atoms with Crippen LogP contribution in [-0.2, 0) is 20.7 Å². The first kappa shape index (κ1) is 39.2. The number of hydrogen-bond acceptors (Lipinski definition) is 7. The zero-order chi connectivity index (χ0) is 35.4. The number of hydrogen-bond donors (Lipinski definition) is 5. The Kier molecular flexibility index (Phi) is 15.0. The summed E-state index contributed by atoms with van der Waals surface area (Å²) in [4.78, 5) is 25.5. The Morgan fingerprint density at radius 2 is 1.54 bits per heavy atom. The van der Waals surface area contributed by atoms with Gasteiger partial charge in [0.25, 0.3) is 0 Å². The van der Waals surface area contributed by atoms with Gasteiger partial charge >= 0.3 is 5.97 Å². The molecule has 282 valence electrons. The van der Waals surface area contributed by atoms with E-state index in [1.807, 2.05) is 30.3 Å². The lowest BCUT2D eigenvalue weighted by Gasteiger charge is -2.61. The van der Waals surface area contributed by atoms with Gasteiger partial charge < -0.3 is 31.7 Å². The van der Waals surface area contributed by atoms with Gasteiger partial charge in [0.05, 0.1) is 7.11 Å². The zero-order valence-corrected chi connectivity index (χ0v) is 31.8. The molecule has 6 N–H and O–H groups in total. The highest BCUT2D eigenvalue weighted by molar-refractivity contribution is 5.84. The van der Waals surface area contributed by atoms with Crippen molar-refractivity contribution in [2.24, 2.45) is 46.2 Å². The van der Waals surface area contributed by atoms with Crippen molar-refractivity contribution in [1.29, 1.82) is 0 Å². The average molecular weight is 694 g/mol. The number of carbonyl (C=O) groups is 2. The molecule has 4 fully saturated rings. The Hall–Kier alpha value is -2.00. The molecule has 0 heterocycles. The van der Waals surface area contributed by atoms with E-state index in [0.717, 1.165) is 87.8 Å². The summed E-state index contributed by atoms with van der Waals surface area (Å²) in [5, 5.41) is 14.0. The average Bonchev–Trinajstić information content (AvgIpc) is 3.46. The second-order valence-corrected chi connectivity index (χ2v) is 17.0. The highest BCUT2D eigenvalue weighted by atomic mass is 16.5. The quantitative estimate of drug-likeness (QED) is 0.0843. The van der Waals surface area contributed by atoms with Crippen LogP contribution in [0.15, 0.2) is 30.3 Å². The van der Waals surface area contributed by atoms with Crippen molar-refractivity contribution in [2.45, 2.75) is 129 Å². The molecular formula is C42H71N5O3. The molecule has 0 aromatic heterocycles. The van der Waals surface area contributed by atoms with E-state index in [0.29, 0.717) is 35.6 Å². The van der Waals surface area contributed by atoms with Crippen molar-refractivity contribution in [2.75, 3.05) is 46.4 Å². The summed E-state index contributed by atoms with van der Waals surface area (Å²) < 4.78 is 5.01. The standard InChI is InChI=1S/C42H71N5O3/c1-41-22-20-37-35(17-15-33-30-34(19-21-42(33,37)2)46-28-10-27-45-26-9-25-44-24-8-23-43)36(41)18-16-32(41)13-7-14-39(48)47-38(40(49)50-3)29-31-11-5-4-6-12-31/h4-6,11-12,32-38,44-46H,7-10,13-30,43H2,1-3H3,(H,47,48). The third kappa shape index (κ3) is 9.90. The molecule has 4 aliphatic rings. The molecule has 0 spiro atoms. The molecule has 9 unspecified atom stereocenters. The summed E-state index contributed by atoms with van der Waals surface area (Å²) in [6, 6.07) is 9.89. The van der Waals surface area contributed by atoms with Gasteiger partial charge in [-0.1, -0.05) is 44.2 Å². The largest absolute Gasteiger partial charge is 0.467 e. The van der Waals surface area contributed by atoms with Crippen molar-refractivity contribution in [3.63, 3.8) is 0 Å². The first-order valence-electron chi connectivity index (χ1n) is 20.5. The van der Waals surface area contributed by atoms with E-state index in [4.69, 9.17) is 10.5 Å². The van der Waals surface area contributed by atoms with E-state index >= 15 is 0 Å². The Morgan fingerprint density at radius 1 is 0.840 bits per heavy atom. The van der Waals surface area contributed by atoms with Gasteiger partial charge in [-0.3, -0.25) is 4.79 Å². The van der Waals surface area contributed by atoms with Gasteiger partial charge in [0.2, 0.25) is 5.91 Å². The molecule has 1 aromatic carbocycles. The molecular weight excluding hydrogens is 622 g/mol. The summed E-state index contributed by atoms with van der Waals surface area (Å²) in [6.45, 7) is 11.5. The SMILES string of the molecule is COC(=O)C(Cc1ccccc1)NC(=O)CCCC1CCC2C3CCC4CC(NCCCNCCCNCCCN)CCC4(C)C3CCC12C. The van der Waals surface area contributed by atoms with E-state index in [2.05, 4.69) is 35.1 Å². The van der Waals surface area contributed by atoms with Crippen LogP contribution in [0.25, 0.3) is 0 Å². The number of rotatable bonds is 20.